The molecule has 1 aliphatic carbocycles. The molecule has 166 valence electrons. The summed E-state index contributed by atoms with van der Waals surface area (Å²) >= 11 is 0. The molecule has 2 aromatic rings. The van der Waals surface area contributed by atoms with Gasteiger partial charge in [0.15, 0.2) is 0 Å². The average molecular weight is 422 g/mol. The number of methoxy groups -OCH3 is 1. The zero-order valence-corrected chi connectivity index (χ0v) is 19.2. The van der Waals surface area contributed by atoms with Crippen molar-refractivity contribution in [3.63, 3.8) is 0 Å². The smallest absolute Gasteiger partial charge is 0.270 e. The number of hydrogen-bond acceptors (Lipinski definition) is 3. The van der Waals surface area contributed by atoms with Crippen molar-refractivity contribution in [3.8, 4) is 5.75 Å². The first-order valence-corrected chi connectivity index (χ1v) is 11.9. The van der Waals surface area contributed by atoms with Gasteiger partial charge in [-0.15, -0.1) is 0 Å². The van der Waals surface area contributed by atoms with Crippen LogP contribution in [-0.4, -0.2) is 60.5 Å². The van der Waals surface area contributed by atoms with Crippen molar-refractivity contribution in [2.75, 3.05) is 39.8 Å². The van der Waals surface area contributed by atoms with Crippen molar-refractivity contribution in [1.29, 1.82) is 0 Å². The largest absolute Gasteiger partial charge is 0.497 e. The number of nitrogens with zero attached hydrogens (tertiary/aromatic N) is 2. The quantitative estimate of drug-likeness (QED) is 0.813. The maximum absolute atomic E-state index is 13.2. The first-order valence-electron chi connectivity index (χ1n) is 11.9. The zero-order chi connectivity index (χ0) is 21.6. The van der Waals surface area contributed by atoms with Gasteiger partial charge in [0.05, 0.1) is 7.11 Å². The maximum Gasteiger partial charge on any atom is 0.270 e. The summed E-state index contributed by atoms with van der Waals surface area (Å²) in [5.74, 6) is 1.67. The summed E-state index contributed by atoms with van der Waals surface area (Å²) in [5, 5.41) is 0. The van der Waals surface area contributed by atoms with Crippen LogP contribution in [0.5, 0.6) is 5.75 Å². The molecule has 5 nitrogen and oxygen atoms in total. The van der Waals surface area contributed by atoms with Crippen LogP contribution < -0.4 is 4.74 Å². The standard InChI is InChI=1S/C26H35N3O2/c1-4-28-13-10-26(19-8-7-9-21(14-19)31-3)16-23-22(15-20(26)17-28)18(2)24(27-23)25(30)29-11-5-6-12-29/h7-9,14,20,27H,4-6,10-13,15-17H2,1-3H3. The van der Waals surface area contributed by atoms with Crippen molar-refractivity contribution in [2.24, 2.45) is 5.92 Å². The molecule has 0 bridgehead atoms. The van der Waals surface area contributed by atoms with E-state index in [1.807, 2.05) is 11.0 Å². The first-order chi connectivity index (χ1) is 15.1. The number of fused-ring (bicyclic) bond motifs is 2. The van der Waals surface area contributed by atoms with Crippen LogP contribution in [0.2, 0.25) is 0 Å². The van der Waals surface area contributed by atoms with E-state index in [1.165, 1.54) is 22.4 Å². The normalized spacial score (nSPS) is 25.9. The molecular formula is C26H35N3O2. The molecule has 31 heavy (non-hydrogen) atoms. The van der Waals surface area contributed by atoms with Crippen LogP contribution in [-0.2, 0) is 18.3 Å². The van der Waals surface area contributed by atoms with E-state index < -0.39 is 0 Å². The summed E-state index contributed by atoms with van der Waals surface area (Å²) in [5.41, 5.74) is 6.17. The number of aromatic amines is 1. The molecule has 0 spiro atoms. The zero-order valence-electron chi connectivity index (χ0n) is 19.2. The highest BCUT2D eigenvalue weighted by Crippen LogP contribution is 2.49. The van der Waals surface area contributed by atoms with Gasteiger partial charge in [-0.1, -0.05) is 19.1 Å². The number of nitrogens with one attached hydrogen (secondary N) is 1. The van der Waals surface area contributed by atoms with Gasteiger partial charge in [0.25, 0.3) is 5.91 Å². The molecule has 1 amide bonds. The summed E-state index contributed by atoms with van der Waals surface area (Å²) in [6.45, 7) is 9.54. The number of carbonyl (C=O) groups is 1. The van der Waals surface area contributed by atoms with E-state index in [1.54, 1.807) is 7.11 Å². The number of carbonyl (C=O) groups excluding carboxylic acids is 1. The Bertz CT molecular complexity index is 975. The van der Waals surface area contributed by atoms with Gasteiger partial charge < -0.3 is 19.5 Å². The highest BCUT2D eigenvalue weighted by Gasteiger charge is 2.48. The van der Waals surface area contributed by atoms with Crippen molar-refractivity contribution >= 4 is 5.91 Å². The van der Waals surface area contributed by atoms with E-state index in [-0.39, 0.29) is 11.3 Å². The molecule has 5 rings (SSSR count). The molecule has 3 aliphatic rings. The molecule has 2 unspecified atom stereocenters. The molecule has 3 heterocycles. The second kappa shape index (κ2) is 8.01. The van der Waals surface area contributed by atoms with Crippen LogP contribution >= 0.6 is 0 Å². The number of benzene rings is 1. The van der Waals surface area contributed by atoms with Gasteiger partial charge in [0.2, 0.25) is 0 Å². The van der Waals surface area contributed by atoms with Gasteiger partial charge >= 0.3 is 0 Å². The van der Waals surface area contributed by atoms with E-state index in [2.05, 4.69) is 41.9 Å². The Morgan fingerprint density at radius 3 is 2.81 bits per heavy atom. The van der Waals surface area contributed by atoms with Crippen LogP contribution in [0.1, 0.15) is 59.1 Å². The highest BCUT2D eigenvalue weighted by molar-refractivity contribution is 5.94. The lowest BCUT2D eigenvalue weighted by atomic mass is 9.58. The number of hydrogen-bond donors (Lipinski definition) is 1. The molecule has 0 saturated carbocycles. The fourth-order valence-corrected chi connectivity index (χ4v) is 6.31. The molecule has 2 fully saturated rings. The van der Waals surface area contributed by atoms with Crippen molar-refractivity contribution in [1.82, 2.24) is 14.8 Å². The minimum atomic E-state index is 0.0957. The number of piperidine rings is 1. The third-order valence-corrected chi connectivity index (χ3v) is 8.24. The van der Waals surface area contributed by atoms with Crippen molar-refractivity contribution in [2.45, 2.75) is 51.4 Å². The number of aromatic nitrogens is 1. The van der Waals surface area contributed by atoms with Crippen LogP contribution in [0.25, 0.3) is 0 Å². The Labute approximate surface area is 185 Å². The van der Waals surface area contributed by atoms with Crippen LogP contribution in [0.15, 0.2) is 24.3 Å². The Morgan fingerprint density at radius 1 is 1.26 bits per heavy atom. The minimum absolute atomic E-state index is 0.0957. The maximum atomic E-state index is 13.2. The van der Waals surface area contributed by atoms with Gasteiger partial charge in [0, 0.05) is 30.7 Å². The molecule has 2 aliphatic heterocycles. The SMILES string of the molecule is CCN1CCC2(c3cccc(OC)c3)Cc3[nH]c(C(=O)N4CCCC4)c(C)c3CC2C1. The molecular weight excluding hydrogens is 386 g/mol. The predicted octanol–water partition coefficient (Wildman–Crippen LogP) is 3.95. The predicted molar refractivity (Wildman–Crippen MR) is 123 cm³/mol. The van der Waals surface area contributed by atoms with E-state index in [0.717, 1.165) is 76.3 Å². The molecule has 1 aromatic carbocycles. The molecule has 2 atom stereocenters. The van der Waals surface area contributed by atoms with Crippen LogP contribution in [0.3, 0.4) is 0 Å². The Hall–Kier alpha value is -2.27. The summed E-state index contributed by atoms with van der Waals surface area (Å²) in [7, 11) is 1.75. The third-order valence-electron chi connectivity index (χ3n) is 8.24. The van der Waals surface area contributed by atoms with Gasteiger partial charge in [0.1, 0.15) is 11.4 Å². The van der Waals surface area contributed by atoms with Gasteiger partial charge in [-0.2, -0.15) is 0 Å². The Kier molecular flexibility index (Phi) is 5.33. The molecule has 1 aromatic heterocycles. The van der Waals surface area contributed by atoms with E-state index in [4.69, 9.17) is 4.74 Å². The lowest BCUT2D eigenvalue weighted by molar-refractivity contribution is 0.0786. The van der Waals surface area contributed by atoms with Crippen molar-refractivity contribution in [3.05, 3.63) is 52.3 Å². The number of H-pyrrole nitrogens is 1. The summed E-state index contributed by atoms with van der Waals surface area (Å²) in [6, 6.07) is 8.69. The minimum Gasteiger partial charge on any atom is -0.497 e. The van der Waals surface area contributed by atoms with E-state index in [9.17, 15) is 4.79 Å². The van der Waals surface area contributed by atoms with Gasteiger partial charge in [-0.05, 0) is 86.9 Å². The second-order valence-corrected chi connectivity index (χ2v) is 9.69. The monoisotopic (exact) mass is 421 g/mol. The lowest BCUT2D eigenvalue weighted by Crippen LogP contribution is -2.53. The topological polar surface area (TPSA) is 48.6 Å². The number of likely N-dealkylation sites (tertiary alicyclic amines) is 2. The fourth-order valence-electron chi connectivity index (χ4n) is 6.31. The Morgan fingerprint density at radius 2 is 2.06 bits per heavy atom. The van der Waals surface area contributed by atoms with E-state index in [0.29, 0.717) is 5.92 Å². The van der Waals surface area contributed by atoms with Crippen LogP contribution in [0.4, 0.5) is 0 Å². The molecule has 5 heteroatoms. The summed E-state index contributed by atoms with van der Waals surface area (Å²) in [4.78, 5) is 21.4. The fraction of sp³-hybridized carbons (Fsp3) is 0.577. The summed E-state index contributed by atoms with van der Waals surface area (Å²) in [6.07, 6.45) is 5.41. The summed E-state index contributed by atoms with van der Waals surface area (Å²) < 4.78 is 5.58. The highest BCUT2D eigenvalue weighted by atomic mass is 16.5. The third kappa shape index (κ3) is 3.38. The number of ether oxygens (including phenoxy) is 1. The molecule has 0 radical (unpaired) electrons. The molecule has 2 saturated heterocycles. The number of rotatable bonds is 4. The van der Waals surface area contributed by atoms with Crippen molar-refractivity contribution < 1.29 is 9.53 Å². The van der Waals surface area contributed by atoms with Crippen LogP contribution in [0, 0.1) is 12.8 Å². The number of amides is 1. The Balaban J connectivity index is 1.55. The van der Waals surface area contributed by atoms with E-state index >= 15 is 0 Å². The van der Waals surface area contributed by atoms with Gasteiger partial charge in [-0.25, -0.2) is 0 Å². The first kappa shape index (κ1) is 20.6. The van der Waals surface area contributed by atoms with Gasteiger partial charge in [-0.3, -0.25) is 4.79 Å². The molecule has 1 N–H and O–H groups in total. The second-order valence-electron chi connectivity index (χ2n) is 9.69. The average Bonchev–Trinajstić information content (AvgIpc) is 3.45. The lowest BCUT2D eigenvalue weighted by Gasteiger charge is -2.51.